The Morgan fingerprint density at radius 1 is 0.966 bits per heavy atom. The summed E-state index contributed by atoms with van der Waals surface area (Å²) >= 11 is 6.30. The Labute approximate surface area is 185 Å². The van der Waals surface area contributed by atoms with Crippen molar-refractivity contribution in [2.24, 2.45) is 0 Å². The fourth-order valence-corrected chi connectivity index (χ4v) is 3.98. The summed E-state index contributed by atoms with van der Waals surface area (Å²) in [5, 5.41) is 9.14. The van der Waals surface area contributed by atoms with Crippen molar-refractivity contribution in [3.8, 4) is 0 Å². The topological polar surface area (TPSA) is 84.2 Å². The molecule has 0 spiro atoms. The van der Waals surface area contributed by atoms with E-state index >= 15 is 0 Å². The highest BCUT2D eigenvalue weighted by atomic mass is 79.9. The summed E-state index contributed by atoms with van der Waals surface area (Å²) in [5.74, 6) is 0.939. The molecule has 3 rings (SSSR count). The van der Waals surface area contributed by atoms with Gasteiger partial charge in [-0.2, -0.15) is 0 Å². The van der Waals surface area contributed by atoms with E-state index in [2.05, 4.69) is 31.7 Å². The van der Waals surface area contributed by atoms with Gasteiger partial charge >= 0.3 is 0 Å². The lowest BCUT2D eigenvalue weighted by Crippen LogP contribution is -2.18. The summed E-state index contributed by atoms with van der Waals surface area (Å²) in [7, 11) is 0. The quantitative estimate of drug-likeness (QED) is 0.449. The molecule has 1 aromatic heterocycles. The molecule has 0 aliphatic carbocycles. The van der Waals surface area contributed by atoms with E-state index in [0.717, 1.165) is 20.0 Å². The van der Waals surface area contributed by atoms with E-state index in [4.69, 9.17) is 4.52 Å². The maximum atomic E-state index is 12.1. The Hall–Kier alpha value is -2.23. The normalized spacial score (nSPS) is 10.6. The molecule has 0 unspecified atom stereocenters. The first-order valence-electron chi connectivity index (χ1n) is 8.62. The number of aromatic nitrogens is 1. The number of nitrogens with one attached hydrogen (secondary N) is 2. The number of benzene rings is 2. The zero-order valence-corrected chi connectivity index (χ0v) is 18.7. The largest absolute Gasteiger partial charge is 0.360 e. The summed E-state index contributed by atoms with van der Waals surface area (Å²) in [6, 6.07) is 17.4. The average Bonchev–Trinajstić information content (AvgIpc) is 3.09. The van der Waals surface area contributed by atoms with Crippen LogP contribution in [0.25, 0.3) is 0 Å². The van der Waals surface area contributed by atoms with Gasteiger partial charge in [0.1, 0.15) is 5.76 Å². The minimum atomic E-state index is -0.231. The molecule has 0 aliphatic rings. The number of hydrogen-bond acceptors (Lipinski definition) is 6. The first-order chi connectivity index (χ1) is 14.0. The number of amides is 2. The Balaban J connectivity index is 1.39. The van der Waals surface area contributed by atoms with Crippen molar-refractivity contribution < 1.29 is 14.1 Å². The van der Waals surface area contributed by atoms with Gasteiger partial charge in [0.05, 0.1) is 11.5 Å². The van der Waals surface area contributed by atoms with Crippen molar-refractivity contribution in [2.45, 2.75) is 16.7 Å². The third-order valence-corrected chi connectivity index (χ3v) is 6.03. The highest BCUT2D eigenvalue weighted by Crippen LogP contribution is 2.29. The van der Waals surface area contributed by atoms with Gasteiger partial charge in [-0.25, -0.2) is 0 Å². The van der Waals surface area contributed by atoms with Crippen LogP contribution in [0.15, 0.2) is 73.4 Å². The van der Waals surface area contributed by atoms with Gasteiger partial charge < -0.3 is 15.2 Å². The van der Waals surface area contributed by atoms with Crippen molar-refractivity contribution in [3.05, 3.63) is 64.8 Å². The lowest BCUT2D eigenvalue weighted by Gasteiger charge is -2.07. The Kier molecular flexibility index (Phi) is 7.79. The molecule has 2 amide bonds. The van der Waals surface area contributed by atoms with E-state index < -0.39 is 0 Å². The Morgan fingerprint density at radius 3 is 2.14 bits per heavy atom. The molecule has 6 nitrogen and oxygen atoms in total. The molecule has 0 saturated carbocycles. The monoisotopic (exact) mass is 491 g/mol. The van der Waals surface area contributed by atoms with E-state index in [9.17, 15) is 9.59 Å². The molecule has 0 fully saturated rings. The van der Waals surface area contributed by atoms with Gasteiger partial charge in [-0.15, -0.1) is 11.8 Å². The van der Waals surface area contributed by atoms with Gasteiger partial charge in [0.25, 0.3) is 0 Å². The fraction of sp³-hybridized carbons (Fsp3) is 0.150. The van der Waals surface area contributed by atoms with Crippen LogP contribution < -0.4 is 10.6 Å². The second-order valence-corrected chi connectivity index (χ2v) is 9.04. The molecule has 0 bridgehead atoms. The Morgan fingerprint density at radius 2 is 1.55 bits per heavy atom. The molecule has 3 aromatic rings. The van der Waals surface area contributed by atoms with Crippen molar-refractivity contribution in [1.82, 2.24) is 5.16 Å². The molecular formula is C20H18BrN3O3S2. The van der Waals surface area contributed by atoms with E-state index in [1.165, 1.54) is 11.8 Å². The van der Waals surface area contributed by atoms with Crippen LogP contribution in [0.5, 0.6) is 0 Å². The summed E-state index contributed by atoms with van der Waals surface area (Å²) in [5.41, 5.74) is 0.721. The Bertz CT molecular complexity index is 975. The fourth-order valence-electron chi connectivity index (χ4n) is 2.28. The number of thioether (sulfide) groups is 1. The van der Waals surface area contributed by atoms with Crippen LogP contribution in [0, 0.1) is 6.92 Å². The third kappa shape index (κ3) is 7.26. The van der Waals surface area contributed by atoms with Gasteiger partial charge in [-0.05, 0) is 55.5 Å². The number of aryl methyl sites for hydroxylation is 1. The van der Waals surface area contributed by atoms with E-state index in [1.54, 1.807) is 24.8 Å². The number of carbonyl (C=O) groups is 2. The predicted octanol–water partition coefficient (Wildman–Crippen LogP) is 5.21. The molecule has 9 heteroatoms. The zero-order valence-electron chi connectivity index (χ0n) is 15.5. The molecule has 0 radical (unpaired) electrons. The van der Waals surface area contributed by atoms with Crippen LogP contribution in [0.3, 0.4) is 0 Å². The van der Waals surface area contributed by atoms with Crippen molar-refractivity contribution >= 4 is 62.8 Å². The molecule has 2 aromatic carbocycles. The standard InChI is InChI=1S/C20H18BrN3O3S2/c1-13-10-18(24-27-13)23-20(26)12-28-11-19(25)22-15-4-8-17(9-5-15)29-16-6-2-14(21)3-7-16/h2-10H,11-12H2,1H3,(H,22,25)(H,23,24,26). The zero-order chi connectivity index (χ0) is 20.6. The molecule has 1 heterocycles. The first kappa shape index (κ1) is 21.5. The molecule has 29 heavy (non-hydrogen) atoms. The second-order valence-electron chi connectivity index (χ2n) is 5.99. The maximum Gasteiger partial charge on any atom is 0.235 e. The van der Waals surface area contributed by atoms with Gasteiger partial charge in [0.2, 0.25) is 11.8 Å². The minimum Gasteiger partial charge on any atom is -0.360 e. The number of nitrogens with zero attached hydrogens (tertiary/aromatic N) is 1. The average molecular weight is 492 g/mol. The molecule has 0 atom stereocenters. The SMILES string of the molecule is Cc1cc(NC(=O)CSCC(=O)Nc2ccc(Sc3ccc(Br)cc3)cc2)no1. The molecule has 150 valence electrons. The summed E-state index contributed by atoms with van der Waals surface area (Å²) < 4.78 is 5.93. The van der Waals surface area contributed by atoms with Gasteiger partial charge in [-0.3, -0.25) is 9.59 Å². The predicted molar refractivity (Wildman–Crippen MR) is 121 cm³/mol. The lowest BCUT2D eigenvalue weighted by molar-refractivity contribution is -0.114. The van der Waals surface area contributed by atoms with Crippen molar-refractivity contribution in [2.75, 3.05) is 22.1 Å². The van der Waals surface area contributed by atoms with Crippen LogP contribution in [-0.4, -0.2) is 28.5 Å². The maximum absolute atomic E-state index is 12.1. The summed E-state index contributed by atoms with van der Waals surface area (Å²) in [4.78, 5) is 26.1. The van der Waals surface area contributed by atoms with Crippen LogP contribution in [0.2, 0.25) is 0 Å². The summed E-state index contributed by atoms with van der Waals surface area (Å²) in [6.45, 7) is 1.74. The highest BCUT2D eigenvalue weighted by Gasteiger charge is 2.09. The number of halogens is 1. The first-order valence-corrected chi connectivity index (χ1v) is 11.4. The summed E-state index contributed by atoms with van der Waals surface area (Å²) in [6.07, 6.45) is 0. The minimum absolute atomic E-state index is 0.155. The highest BCUT2D eigenvalue weighted by molar-refractivity contribution is 9.10. The molecular weight excluding hydrogens is 474 g/mol. The second kappa shape index (κ2) is 10.5. The molecule has 0 saturated heterocycles. The van der Waals surface area contributed by atoms with Crippen LogP contribution >= 0.6 is 39.5 Å². The lowest BCUT2D eigenvalue weighted by atomic mass is 10.3. The van der Waals surface area contributed by atoms with Gasteiger partial charge in [-0.1, -0.05) is 32.8 Å². The molecule has 2 N–H and O–H groups in total. The van der Waals surface area contributed by atoms with Gasteiger partial charge in [0.15, 0.2) is 5.82 Å². The van der Waals surface area contributed by atoms with Crippen LogP contribution in [0.1, 0.15) is 5.76 Å². The number of rotatable bonds is 8. The van der Waals surface area contributed by atoms with E-state index in [-0.39, 0.29) is 23.3 Å². The van der Waals surface area contributed by atoms with Crippen molar-refractivity contribution in [1.29, 1.82) is 0 Å². The van der Waals surface area contributed by atoms with E-state index in [1.807, 2.05) is 48.5 Å². The third-order valence-electron chi connectivity index (χ3n) is 3.55. The van der Waals surface area contributed by atoms with E-state index in [0.29, 0.717) is 11.6 Å². The number of anilines is 2. The smallest absolute Gasteiger partial charge is 0.235 e. The van der Waals surface area contributed by atoms with Crippen LogP contribution in [-0.2, 0) is 9.59 Å². The van der Waals surface area contributed by atoms with Crippen LogP contribution in [0.4, 0.5) is 11.5 Å². The molecule has 0 aliphatic heterocycles. The van der Waals surface area contributed by atoms with Gasteiger partial charge in [0, 0.05) is 26.0 Å². The number of carbonyl (C=O) groups excluding carboxylic acids is 2. The van der Waals surface area contributed by atoms with Crippen molar-refractivity contribution in [3.63, 3.8) is 0 Å². The number of hydrogen-bond donors (Lipinski definition) is 2.